The molecule has 0 saturated carbocycles. The molecule has 0 spiro atoms. The summed E-state index contributed by atoms with van der Waals surface area (Å²) in [5.74, 6) is -2.03. The Hall–Kier alpha value is -1.70. The zero-order chi connectivity index (χ0) is 15.9. The highest BCUT2D eigenvalue weighted by molar-refractivity contribution is 7.99. The van der Waals surface area contributed by atoms with Crippen LogP contribution in [0.15, 0.2) is 30.3 Å². The number of rotatable bonds is 7. The van der Waals surface area contributed by atoms with Crippen LogP contribution in [0.2, 0.25) is 0 Å². The fraction of sp³-hybridized carbons (Fsp3) is 0.385. The van der Waals surface area contributed by atoms with Crippen LogP contribution in [-0.4, -0.2) is 46.9 Å². The van der Waals surface area contributed by atoms with Gasteiger partial charge in [0, 0.05) is 5.75 Å². The van der Waals surface area contributed by atoms with E-state index in [0.717, 1.165) is 17.3 Å². The monoisotopic (exact) mass is 321 g/mol. The summed E-state index contributed by atoms with van der Waals surface area (Å²) in [6.07, 6.45) is -4.62. The summed E-state index contributed by atoms with van der Waals surface area (Å²) in [7, 11) is 0. The molecule has 1 aromatic rings. The number of nitrogens with zero attached hydrogens (tertiary/aromatic N) is 1. The molecule has 0 atom stereocenters. The molecule has 8 heteroatoms. The van der Waals surface area contributed by atoms with Crippen LogP contribution in [-0.2, 0) is 15.3 Å². The third-order valence-electron chi connectivity index (χ3n) is 2.39. The normalized spacial score (nSPS) is 11.2. The van der Waals surface area contributed by atoms with Crippen LogP contribution in [0.3, 0.4) is 0 Å². The van der Waals surface area contributed by atoms with E-state index < -0.39 is 31.1 Å². The summed E-state index contributed by atoms with van der Waals surface area (Å²) < 4.78 is 36.9. The summed E-state index contributed by atoms with van der Waals surface area (Å²) >= 11 is 1.14. The van der Waals surface area contributed by atoms with Crippen LogP contribution >= 0.6 is 11.8 Å². The maximum absolute atomic E-state index is 12.3. The van der Waals surface area contributed by atoms with Crippen LogP contribution in [0.1, 0.15) is 5.56 Å². The van der Waals surface area contributed by atoms with E-state index in [9.17, 15) is 22.8 Å². The fourth-order valence-electron chi connectivity index (χ4n) is 1.53. The number of carboxylic acids is 1. The first-order chi connectivity index (χ1) is 9.78. The van der Waals surface area contributed by atoms with Crippen LogP contribution in [0, 0.1) is 0 Å². The molecular weight excluding hydrogens is 307 g/mol. The number of hydrogen-bond acceptors (Lipinski definition) is 3. The third-order valence-corrected chi connectivity index (χ3v) is 3.37. The molecule has 0 unspecified atom stereocenters. The number of halogens is 3. The summed E-state index contributed by atoms with van der Waals surface area (Å²) in [6, 6.07) is 9.14. The third kappa shape index (κ3) is 7.60. The standard InChI is InChI=1S/C13H14F3NO3S/c14-13(15,16)9-17(6-12(19)20)11(18)8-21-7-10-4-2-1-3-5-10/h1-5H,6-9H2,(H,19,20). The first-order valence-electron chi connectivity index (χ1n) is 5.96. The Bertz CT molecular complexity index is 479. The topological polar surface area (TPSA) is 57.6 Å². The van der Waals surface area contributed by atoms with E-state index in [0.29, 0.717) is 10.7 Å². The maximum atomic E-state index is 12.3. The molecule has 0 fully saturated rings. The molecule has 0 aliphatic heterocycles. The van der Waals surface area contributed by atoms with Gasteiger partial charge in [0.1, 0.15) is 13.1 Å². The van der Waals surface area contributed by atoms with E-state index in [4.69, 9.17) is 5.11 Å². The van der Waals surface area contributed by atoms with Crippen LogP contribution in [0.4, 0.5) is 13.2 Å². The van der Waals surface area contributed by atoms with Gasteiger partial charge >= 0.3 is 12.1 Å². The van der Waals surface area contributed by atoms with Crippen molar-refractivity contribution >= 4 is 23.6 Å². The van der Waals surface area contributed by atoms with Crippen molar-refractivity contribution in [2.45, 2.75) is 11.9 Å². The Morgan fingerprint density at radius 2 is 1.81 bits per heavy atom. The largest absolute Gasteiger partial charge is 0.480 e. The number of carbonyl (C=O) groups is 2. The lowest BCUT2D eigenvalue weighted by Gasteiger charge is -2.21. The van der Waals surface area contributed by atoms with Gasteiger partial charge in [0.05, 0.1) is 5.75 Å². The van der Waals surface area contributed by atoms with E-state index in [2.05, 4.69) is 0 Å². The second-order valence-corrected chi connectivity index (χ2v) is 5.22. The molecule has 1 N–H and O–H groups in total. The van der Waals surface area contributed by atoms with E-state index in [1.54, 1.807) is 0 Å². The maximum Gasteiger partial charge on any atom is 0.406 e. The van der Waals surface area contributed by atoms with Gasteiger partial charge in [-0.05, 0) is 5.56 Å². The highest BCUT2D eigenvalue weighted by atomic mass is 32.2. The number of aliphatic carboxylic acids is 1. The van der Waals surface area contributed by atoms with Gasteiger partial charge in [0.25, 0.3) is 0 Å². The van der Waals surface area contributed by atoms with Crippen molar-refractivity contribution in [1.82, 2.24) is 4.90 Å². The SMILES string of the molecule is O=C(O)CN(CC(F)(F)F)C(=O)CSCc1ccccc1. The van der Waals surface area contributed by atoms with Gasteiger partial charge in [0.15, 0.2) is 0 Å². The van der Waals surface area contributed by atoms with Crippen molar-refractivity contribution < 1.29 is 27.9 Å². The fourth-order valence-corrected chi connectivity index (χ4v) is 2.42. The van der Waals surface area contributed by atoms with Crippen molar-refractivity contribution in [1.29, 1.82) is 0 Å². The van der Waals surface area contributed by atoms with Crippen molar-refractivity contribution in [3.05, 3.63) is 35.9 Å². The molecule has 0 saturated heterocycles. The molecule has 0 aromatic heterocycles. The molecule has 4 nitrogen and oxygen atoms in total. The average molecular weight is 321 g/mol. The average Bonchev–Trinajstić information content (AvgIpc) is 2.37. The van der Waals surface area contributed by atoms with E-state index in [1.165, 1.54) is 0 Å². The first kappa shape index (κ1) is 17.4. The second-order valence-electron chi connectivity index (χ2n) is 4.24. The number of thioether (sulfide) groups is 1. The number of amides is 1. The predicted molar refractivity (Wildman–Crippen MR) is 72.9 cm³/mol. The molecule has 1 aromatic carbocycles. The van der Waals surface area contributed by atoms with Gasteiger partial charge < -0.3 is 10.0 Å². The predicted octanol–water partition coefficient (Wildman–Crippen LogP) is 2.40. The minimum absolute atomic E-state index is 0.196. The lowest BCUT2D eigenvalue weighted by Crippen LogP contribution is -2.42. The Kier molecular flexibility index (Phi) is 6.54. The van der Waals surface area contributed by atoms with E-state index >= 15 is 0 Å². The van der Waals surface area contributed by atoms with E-state index in [1.807, 2.05) is 30.3 Å². The van der Waals surface area contributed by atoms with Gasteiger partial charge in [-0.2, -0.15) is 13.2 Å². The van der Waals surface area contributed by atoms with Crippen LogP contribution < -0.4 is 0 Å². The number of hydrogen-bond donors (Lipinski definition) is 1. The smallest absolute Gasteiger partial charge is 0.406 e. The number of carboxylic acid groups (broad SMARTS) is 1. The Balaban J connectivity index is 2.50. The molecule has 21 heavy (non-hydrogen) atoms. The second kappa shape index (κ2) is 7.92. The highest BCUT2D eigenvalue weighted by Gasteiger charge is 2.33. The number of carbonyl (C=O) groups excluding carboxylic acids is 1. The highest BCUT2D eigenvalue weighted by Crippen LogP contribution is 2.18. The molecule has 0 heterocycles. The molecule has 0 aliphatic rings. The molecule has 116 valence electrons. The number of benzene rings is 1. The minimum Gasteiger partial charge on any atom is -0.480 e. The summed E-state index contributed by atoms with van der Waals surface area (Å²) in [6.45, 7) is -2.51. The van der Waals surface area contributed by atoms with Gasteiger partial charge in [-0.1, -0.05) is 30.3 Å². The van der Waals surface area contributed by atoms with Crippen molar-refractivity contribution in [2.24, 2.45) is 0 Å². The van der Waals surface area contributed by atoms with Gasteiger partial charge in [-0.25, -0.2) is 0 Å². The molecule has 0 bridgehead atoms. The quantitative estimate of drug-likeness (QED) is 0.838. The summed E-state index contributed by atoms with van der Waals surface area (Å²) in [4.78, 5) is 22.5. The lowest BCUT2D eigenvalue weighted by molar-refractivity contribution is -0.164. The minimum atomic E-state index is -4.62. The van der Waals surface area contributed by atoms with Crippen LogP contribution in [0.25, 0.3) is 0 Å². The molecule has 0 aliphatic carbocycles. The summed E-state index contributed by atoms with van der Waals surface area (Å²) in [5.41, 5.74) is 0.941. The molecule has 0 radical (unpaired) electrons. The van der Waals surface area contributed by atoms with Crippen molar-refractivity contribution in [2.75, 3.05) is 18.8 Å². The Morgan fingerprint density at radius 3 is 2.33 bits per heavy atom. The van der Waals surface area contributed by atoms with Gasteiger partial charge in [-0.15, -0.1) is 11.8 Å². The van der Waals surface area contributed by atoms with Gasteiger partial charge in [-0.3, -0.25) is 9.59 Å². The van der Waals surface area contributed by atoms with Crippen molar-refractivity contribution in [3.63, 3.8) is 0 Å². The Labute approximate surface area is 123 Å². The zero-order valence-electron chi connectivity index (χ0n) is 11.0. The Morgan fingerprint density at radius 1 is 1.19 bits per heavy atom. The van der Waals surface area contributed by atoms with Gasteiger partial charge in [0.2, 0.25) is 5.91 Å². The molecule has 1 rings (SSSR count). The lowest BCUT2D eigenvalue weighted by atomic mass is 10.2. The van der Waals surface area contributed by atoms with Crippen LogP contribution in [0.5, 0.6) is 0 Å². The van der Waals surface area contributed by atoms with E-state index in [-0.39, 0.29) is 5.75 Å². The summed E-state index contributed by atoms with van der Waals surface area (Å²) in [5, 5.41) is 8.57. The van der Waals surface area contributed by atoms with Crippen molar-refractivity contribution in [3.8, 4) is 0 Å². The number of alkyl halides is 3. The molecular formula is C13H14F3NO3S. The molecule has 1 amide bonds. The zero-order valence-corrected chi connectivity index (χ0v) is 11.8. The first-order valence-corrected chi connectivity index (χ1v) is 7.11.